The van der Waals surface area contributed by atoms with Crippen LogP contribution >= 0.6 is 0 Å². The molecule has 1 aromatic heterocycles. The number of para-hydroxylation sites is 1. The van der Waals surface area contributed by atoms with Gasteiger partial charge in [0.05, 0.1) is 17.3 Å². The molecule has 0 aliphatic rings. The molecule has 3 rings (SSSR count). The number of urea groups is 1. The lowest BCUT2D eigenvalue weighted by Crippen LogP contribution is -2.41. The number of carbonyl (C=O) groups excluding carboxylic acids is 2. The molecule has 1 atom stereocenters. The van der Waals surface area contributed by atoms with Gasteiger partial charge in [-0.15, -0.1) is 0 Å². The number of benzene rings is 2. The number of hydrogen-bond donors (Lipinski definition) is 3. The molecule has 9 nitrogen and oxygen atoms in total. The van der Waals surface area contributed by atoms with Gasteiger partial charge in [0.2, 0.25) is 15.0 Å². The highest BCUT2D eigenvalue weighted by Crippen LogP contribution is 2.23. The average molecular weight is 582 g/mol. The summed E-state index contributed by atoms with van der Waals surface area (Å²) in [5.74, 6) is 0.147. The molecule has 0 spiro atoms. The number of nitrogens with one attached hydrogen (secondary N) is 3. The first kappa shape index (κ1) is 32.0. The highest BCUT2D eigenvalue weighted by atomic mass is 32.2. The Morgan fingerprint density at radius 2 is 1.51 bits per heavy atom. The highest BCUT2D eigenvalue weighted by Gasteiger charge is 2.21. The molecule has 41 heavy (non-hydrogen) atoms. The summed E-state index contributed by atoms with van der Waals surface area (Å²) in [7, 11) is -3.72. The Kier molecular flexibility index (Phi) is 13.0. The van der Waals surface area contributed by atoms with Gasteiger partial charge in [0, 0.05) is 11.8 Å². The lowest BCUT2D eigenvalue weighted by Gasteiger charge is -2.18. The van der Waals surface area contributed by atoms with Crippen molar-refractivity contribution in [3.63, 3.8) is 0 Å². The summed E-state index contributed by atoms with van der Waals surface area (Å²) >= 11 is 0. The summed E-state index contributed by atoms with van der Waals surface area (Å²) in [5.41, 5.74) is 7.59. The van der Waals surface area contributed by atoms with Gasteiger partial charge >= 0.3 is 6.03 Å². The minimum Gasteiger partial charge on any atom is -0.329 e. The Labute approximate surface area is 243 Å². The van der Waals surface area contributed by atoms with Gasteiger partial charge in [-0.3, -0.25) is 10.9 Å². The fraction of sp³-hybridized carbons (Fsp3) is 0.484. The summed E-state index contributed by atoms with van der Waals surface area (Å²) in [4.78, 5) is 32.5. The van der Waals surface area contributed by atoms with Crippen molar-refractivity contribution in [1.29, 1.82) is 0 Å². The van der Waals surface area contributed by atoms with Crippen LogP contribution in [0, 0.1) is 6.92 Å². The first-order chi connectivity index (χ1) is 19.8. The third kappa shape index (κ3) is 10.4. The number of rotatable bonds is 18. The second-order valence-corrected chi connectivity index (χ2v) is 12.5. The fourth-order valence-electron chi connectivity index (χ4n) is 4.64. The summed E-state index contributed by atoms with van der Waals surface area (Å²) < 4.78 is 26.2. The van der Waals surface area contributed by atoms with Gasteiger partial charge in [-0.05, 0) is 31.0 Å². The number of nitrogens with zero attached hydrogens (tertiary/aromatic N) is 2. The molecule has 3 N–H and O–H groups in total. The molecule has 0 bridgehead atoms. The van der Waals surface area contributed by atoms with Crippen LogP contribution in [0.1, 0.15) is 94.7 Å². The molecule has 222 valence electrons. The van der Waals surface area contributed by atoms with Gasteiger partial charge in [0.15, 0.2) is 5.82 Å². The molecule has 1 heterocycles. The molecule has 2 amide bonds. The molecule has 3 aromatic rings. The van der Waals surface area contributed by atoms with Crippen molar-refractivity contribution in [2.24, 2.45) is 0 Å². The van der Waals surface area contributed by atoms with E-state index in [4.69, 9.17) is 0 Å². The van der Waals surface area contributed by atoms with E-state index >= 15 is 0 Å². The maximum absolute atomic E-state index is 13.1. The van der Waals surface area contributed by atoms with Crippen molar-refractivity contribution < 1.29 is 18.0 Å². The van der Waals surface area contributed by atoms with Crippen molar-refractivity contribution in [3.05, 3.63) is 59.7 Å². The van der Waals surface area contributed by atoms with Gasteiger partial charge < -0.3 is 10.1 Å². The summed E-state index contributed by atoms with van der Waals surface area (Å²) in [5, 5.41) is 3.07. The van der Waals surface area contributed by atoms with E-state index in [1.165, 1.54) is 38.5 Å². The summed E-state index contributed by atoms with van der Waals surface area (Å²) in [6.07, 6.45) is 11.9. The van der Waals surface area contributed by atoms with Gasteiger partial charge in [-0.25, -0.2) is 18.2 Å². The number of anilines is 1. The number of unbranched alkanes of at least 4 members (excludes halogenated alkanes) is 9. The van der Waals surface area contributed by atoms with E-state index in [1.807, 2.05) is 31.2 Å². The smallest absolute Gasteiger partial charge is 0.329 e. The van der Waals surface area contributed by atoms with E-state index in [1.54, 1.807) is 24.3 Å². The molecule has 0 aliphatic carbocycles. The number of hydrazine groups is 1. The van der Waals surface area contributed by atoms with Crippen LogP contribution in [-0.4, -0.2) is 36.5 Å². The Bertz CT molecular complexity index is 1360. The van der Waals surface area contributed by atoms with Crippen molar-refractivity contribution in [2.75, 3.05) is 11.2 Å². The van der Waals surface area contributed by atoms with E-state index < -0.39 is 21.9 Å². The maximum atomic E-state index is 13.1. The minimum atomic E-state index is -3.72. The zero-order valence-corrected chi connectivity index (χ0v) is 25.0. The molecule has 0 fully saturated rings. The first-order valence-corrected chi connectivity index (χ1v) is 16.3. The standard InChI is InChI=1S/C31H43N5O4S/c1-3-4-5-6-7-8-9-10-11-14-23-41(39,40)31-33-28-16-13-12-15-26(28)29(34-31)35-36-30(38)32-27(21-22-37)25-19-17-24(2)18-20-25/h12-13,15-20,22,27H,3-11,14,21,23H2,1-2H3,(H2,32,36,38)(H,33,34,35). The topological polar surface area (TPSA) is 130 Å². The van der Waals surface area contributed by atoms with Crippen LogP contribution in [0.5, 0.6) is 0 Å². The van der Waals surface area contributed by atoms with Gasteiger partial charge in [0.25, 0.3) is 0 Å². The number of carbonyl (C=O) groups is 2. The Morgan fingerprint density at radius 3 is 2.17 bits per heavy atom. The third-order valence-electron chi connectivity index (χ3n) is 7.04. The number of sulfone groups is 1. The van der Waals surface area contributed by atoms with Gasteiger partial charge in [-0.1, -0.05) is 107 Å². The number of hydrogen-bond acceptors (Lipinski definition) is 7. The van der Waals surface area contributed by atoms with E-state index in [2.05, 4.69) is 33.1 Å². The normalized spacial score (nSPS) is 12.1. The summed E-state index contributed by atoms with van der Waals surface area (Å²) in [6, 6.07) is 13.4. The molecule has 2 aromatic carbocycles. The van der Waals surface area contributed by atoms with Crippen LogP contribution in [0.15, 0.2) is 53.7 Å². The molecule has 0 aliphatic heterocycles. The monoisotopic (exact) mass is 581 g/mol. The highest BCUT2D eigenvalue weighted by molar-refractivity contribution is 7.91. The Morgan fingerprint density at radius 1 is 0.878 bits per heavy atom. The van der Waals surface area contributed by atoms with E-state index in [0.717, 1.165) is 36.7 Å². The second-order valence-electron chi connectivity index (χ2n) is 10.5. The second kappa shape index (κ2) is 16.7. The number of aryl methyl sites for hydroxylation is 1. The van der Waals surface area contributed by atoms with Crippen LogP contribution in [0.3, 0.4) is 0 Å². The number of fused-ring (bicyclic) bond motifs is 1. The van der Waals surface area contributed by atoms with Gasteiger partial charge in [-0.2, -0.15) is 4.98 Å². The van der Waals surface area contributed by atoms with Crippen LogP contribution in [0.25, 0.3) is 10.9 Å². The molecular formula is C31H43N5O4S. The number of aromatic nitrogens is 2. The predicted octanol–water partition coefficient (Wildman–Crippen LogP) is 6.59. The number of amides is 2. The molecular weight excluding hydrogens is 538 g/mol. The largest absolute Gasteiger partial charge is 0.333 e. The Hall–Kier alpha value is -3.53. The number of aldehydes is 1. The first-order valence-electron chi connectivity index (χ1n) is 14.7. The molecule has 0 saturated heterocycles. The molecule has 0 radical (unpaired) electrons. The summed E-state index contributed by atoms with van der Waals surface area (Å²) in [6.45, 7) is 4.17. The lowest BCUT2D eigenvalue weighted by atomic mass is 10.0. The van der Waals surface area contributed by atoms with Crippen LogP contribution < -0.4 is 16.2 Å². The average Bonchev–Trinajstić information content (AvgIpc) is 2.97. The van der Waals surface area contributed by atoms with E-state index in [0.29, 0.717) is 17.3 Å². The van der Waals surface area contributed by atoms with Crippen molar-refractivity contribution in [2.45, 2.75) is 95.7 Å². The fourth-order valence-corrected chi connectivity index (χ4v) is 5.88. The SMILES string of the molecule is CCCCCCCCCCCCS(=O)(=O)c1nc(NNC(=O)NC(CC=O)c2ccc(C)cc2)c2ccccc2n1. The van der Waals surface area contributed by atoms with E-state index in [9.17, 15) is 18.0 Å². The van der Waals surface area contributed by atoms with Crippen molar-refractivity contribution >= 4 is 38.9 Å². The van der Waals surface area contributed by atoms with Crippen LogP contribution in [-0.2, 0) is 14.6 Å². The quantitative estimate of drug-likeness (QED) is 0.0669. The predicted molar refractivity (Wildman–Crippen MR) is 163 cm³/mol. The third-order valence-corrected chi connectivity index (χ3v) is 8.60. The van der Waals surface area contributed by atoms with Crippen LogP contribution in [0.2, 0.25) is 0 Å². The molecule has 1 unspecified atom stereocenters. The zero-order valence-electron chi connectivity index (χ0n) is 24.2. The minimum absolute atomic E-state index is 0.0287. The zero-order chi connectivity index (χ0) is 29.5. The molecule has 10 heteroatoms. The van der Waals surface area contributed by atoms with Gasteiger partial charge in [0.1, 0.15) is 6.29 Å². The lowest BCUT2D eigenvalue weighted by molar-refractivity contribution is -0.108. The Balaban J connectivity index is 1.59. The van der Waals surface area contributed by atoms with Crippen molar-refractivity contribution in [3.8, 4) is 0 Å². The van der Waals surface area contributed by atoms with E-state index in [-0.39, 0.29) is 23.1 Å². The maximum Gasteiger partial charge on any atom is 0.333 e. The molecule has 0 saturated carbocycles. The van der Waals surface area contributed by atoms with Crippen molar-refractivity contribution in [1.82, 2.24) is 20.7 Å². The van der Waals surface area contributed by atoms with Crippen LogP contribution in [0.4, 0.5) is 10.6 Å².